The summed E-state index contributed by atoms with van der Waals surface area (Å²) in [7, 11) is 1.63. The van der Waals surface area contributed by atoms with Crippen LogP contribution in [-0.4, -0.2) is 35.4 Å². The Labute approximate surface area is 59.9 Å². The lowest BCUT2D eigenvalue weighted by Gasteiger charge is -2.15. The molecule has 60 valence electrons. The summed E-state index contributed by atoms with van der Waals surface area (Å²) in [6, 6.07) is -0.350. The zero-order valence-corrected chi connectivity index (χ0v) is 6.16. The average molecular weight is 147 g/mol. The van der Waals surface area contributed by atoms with Crippen LogP contribution in [0.25, 0.3) is 0 Å². The molecule has 0 spiro atoms. The molecule has 0 radical (unpaired) electrons. The Morgan fingerprint density at radius 3 is 2.30 bits per heavy atom. The van der Waals surface area contributed by atoms with Gasteiger partial charge in [-0.3, -0.25) is 4.79 Å². The topological polar surface area (TPSA) is 69.6 Å². The van der Waals surface area contributed by atoms with E-state index in [1.165, 1.54) is 0 Å². The standard InChI is InChI=1S/C6H13NO3/c1-4(8)5(7-2)3-6(9)10/h4-5,7-8H,3H2,1-2H3,(H,9,10)/t4-,5+/m0/s1. The molecule has 3 N–H and O–H groups in total. The van der Waals surface area contributed by atoms with E-state index in [1.807, 2.05) is 0 Å². The average Bonchev–Trinajstić information content (AvgIpc) is 1.81. The first-order valence-corrected chi connectivity index (χ1v) is 3.15. The predicted octanol–water partition coefficient (Wildman–Crippen LogP) is -0.570. The molecule has 0 heterocycles. The van der Waals surface area contributed by atoms with Gasteiger partial charge in [-0.15, -0.1) is 0 Å². The molecule has 0 aromatic rings. The zero-order chi connectivity index (χ0) is 8.15. The molecule has 10 heavy (non-hydrogen) atoms. The number of likely N-dealkylation sites (N-methyl/N-ethyl adjacent to an activating group) is 1. The maximum absolute atomic E-state index is 10.1. The Morgan fingerprint density at radius 2 is 2.20 bits per heavy atom. The molecule has 4 heteroatoms. The molecule has 0 amide bonds. The van der Waals surface area contributed by atoms with Crippen LogP contribution in [-0.2, 0) is 4.79 Å². The Bertz CT molecular complexity index is 114. The lowest BCUT2D eigenvalue weighted by molar-refractivity contribution is -0.138. The van der Waals surface area contributed by atoms with E-state index in [1.54, 1.807) is 14.0 Å². The highest BCUT2D eigenvalue weighted by molar-refractivity contribution is 5.67. The van der Waals surface area contributed by atoms with Crippen molar-refractivity contribution in [1.29, 1.82) is 0 Å². The summed E-state index contributed by atoms with van der Waals surface area (Å²) in [4.78, 5) is 10.1. The van der Waals surface area contributed by atoms with Crippen LogP contribution in [0.4, 0.5) is 0 Å². The van der Waals surface area contributed by atoms with Crippen LogP contribution < -0.4 is 5.32 Å². The number of hydrogen-bond donors (Lipinski definition) is 3. The molecule has 0 saturated carbocycles. The minimum atomic E-state index is -0.903. The number of aliphatic carboxylic acids is 1. The van der Waals surface area contributed by atoms with Crippen molar-refractivity contribution in [3.63, 3.8) is 0 Å². The summed E-state index contributed by atoms with van der Waals surface area (Å²) in [5.74, 6) is -0.903. The number of rotatable bonds is 4. The summed E-state index contributed by atoms with van der Waals surface area (Å²) in [5.41, 5.74) is 0. The van der Waals surface area contributed by atoms with Crippen LogP contribution in [0.1, 0.15) is 13.3 Å². The smallest absolute Gasteiger partial charge is 0.305 e. The van der Waals surface area contributed by atoms with Crippen LogP contribution in [0.5, 0.6) is 0 Å². The van der Waals surface area contributed by atoms with Gasteiger partial charge < -0.3 is 15.5 Å². The third-order valence-corrected chi connectivity index (χ3v) is 1.35. The number of aliphatic hydroxyl groups excluding tert-OH is 1. The Hall–Kier alpha value is -0.610. The van der Waals surface area contributed by atoms with Crippen molar-refractivity contribution < 1.29 is 15.0 Å². The largest absolute Gasteiger partial charge is 0.481 e. The van der Waals surface area contributed by atoms with Gasteiger partial charge in [0.1, 0.15) is 0 Å². The summed E-state index contributed by atoms with van der Waals surface area (Å²) < 4.78 is 0. The molecule has 0 saturated heterocycles. The van der Waals surface area contributed by atoms with Gasteiger partial charge in [-0.25, -0.2) is 0 Å². The lowest BCUT2D eigenvalue weighted by Crippen LogP contribution is -2.37. The second kappa shape index (κ2) is 4.24. The van der Waals surface area contributed by atoms with Crippen molar-refractivity contribution in [3.05, 3.63) is 0 Å². The fourth-order valence-corrected chi connectivity index (χ4v) is 0.702. The quantitative estimate of drug-likeness (QED) is 0.498. The van der Waals surface area contributed by atoms with E-state index in [0.29, 0.717) is 0 Å². The van der Waals surface area contributed by atoms with Crippen molar-refractivity contribution in [1.82, 2.24) is 5.32 Å². The lowest BCUT2D eigenvalue weighted by atomic mass is 10.1. The number of carboxylic acids is 1. The van der Waals surface area contributed by atoms with Crippen molar-refractivity contribution >= 4 is 5.97 Å². The number of aliphatic hydroxyl groups is 1. The van der Waals surface area contributed by atoms with Crippen molar-refractivity contribution in [2.24, 2.45) is 0 Å². The molecule has 0 aromatic carbocycles. The summed E-state index contributed by atoms with van der Waals surface area (Å²) >= 11 is 0. The number of carbonyl (C=O) groups is 1. The van der Waals surface area contributed by atoms with E-state index in [2.05, 4.69) is 5.32 Å². The molecular formula is C6H13NO3. The van der Waals surface area contributed by atoms with Gasteiger partial charge in [0.25, 0.3) is 0 Å². The van der Waals surface area contributed by atoms with E-state index in [9.17, 15) is 4.79 Å². The summed E-state index contributed by atoms with van der Waals surface area (Å²) in [5, 5.41) is 19.9. The second-order valence-electron chi connectivity index (χ2n) is 2.23. The normalized spacial score (nSPS) is 16.3. The van der Waals surface area contributed by atoms with Gasteiger partial charge in [-0.2, -0.15) is 0 Å². The fourth-order valence-electron chi connectivity index (χ4n) is 0.702. The first-order valence-electron chi connectivity index (χ1n) is 3.15. The van der Waals surface area contributed by atoms with Crippen molar-refractivity contribution in [3.8, 4) is 0 Å². The highest BCUT2D eigenvalue weighted by Gasteiger charge is 2.15. The number of hydrogen-bond acceptors (Lipinski definition) is 3. The monoisotopic (exact) mass is 147 g/mol. The molecule has 0 aliphatic rings. The molecule has 0 fully saturated rings. The van der Waals surface area contributed by atoms with Gasteiger partial charge >= 0.3 is 5.97 Å². The van der Waals surface area contributed by atoms with E-state index in [0.717, 1.165) is 0 Å². The Balaban J connectivity index is 3.71. The van der Waals surface area contributed by atoms with Crippen LogP contribution in [0.15, 0.2) is 0 Å². The van der Waals surface area contributed by atoms with E-state index in [4.69, 9.17) is 10.2 Å². The second-order valence-corrected chi connectivity index (χ2v) is 2.23. The molecule has 0 aromatic heterocycles. The molecule has 0 bridgehead atoms. The molecule has 2 atom stereocenters. The van der Waals surface area contributed by atoms with Crippen LogP contribution in [0, 0.1) is 0 Å². The first-order chi connectivity index (χ1) is 4.57. The molecule has 4 nitrogen and oxygen atoms in total. The Morgan fingerprint density at radius 1 is 1.70 bits per heavy atom. The number of carboxylic acid groups (broad SMARTS) is 1. The SMILES string of the molecule is CN[C@H](CC(=O)O)[C@H](C)O. The minimum absolute atomic E-state index is 0.0475. The van der Waals surface area contributed by atoms with Crippen LogP contribution >= 0.6 is 0 Å². The van der Waals surface area contributed by atoms with Crippen molar-refractivity contribution in [2.45, 2.75) is 25.5 Å². The number of nitrogens with one attached hydrogen (secondary N) is 1. The molecule has 0 rings (SSSR count). The predicted molar refractivity (Wildman–Crippen MR) is 36.8 cm³/mol. The zero-order valence-electron chi connectivity index (χ0n) is 6.16. The molecular weight excluding hydrogens is 134 g/mol. The van der Waals surface area contributed by atoms with Crippen LogP contribution in [0.2, 0.25) is 0 Å². The Kier molecular flexibility index (Phi) is 3.99. The van der Waals surface area contributed by atoms with E-state index < -0.39 is 12.1 Å². The van der Waals surface area contributed by atoms with Gasteiger partial charge in [0.05, 0.1) is 12.5 Å². The molecule has 0 aliphatic carbocycles. The highest BCUT2D eigenvalue weighted by atomic mass is 16.4. The third kappa shape index (κ3) is 3.42. The van der Waals surface area contributed by atoms with Gasteiger partial charge in [0.2, 0.25) is 0 Å². The van der Waals surface area contributed by atoms with E-state index >= 15 is 0 Å². The molecule has 0 aliphatic heterocycles. The third-order valence-electron chi connectivity index (χ3n) is 1.35. The first kappa shape index (κ1) is 9.39. The van der Waals surface area contributed by atoms with Gasteiger partial charge in [0, 0.05) is 6.04 Å². The van der Waals surface area contributed by atoms with E-state index in [-0.39, 0.29) is 12.5 Å². The van der Waals surface area contributed by atoms with Gasteiger partial charge in [-0.1, -0.05) is 0 Å². The fraction of sp³-hybridized carbons (Fsp3) is 0.833. The maximum atomic E-state index is 10.1. The van der Waals surface area contributed by atoms with Gasteiger partial charge in [0.15, 0.2) is 0 Å². The summed E-state index contributed by atoms with van der Waals surface area (Å²) in [6.07, 6.45) is -0.671. The minimum Gasteiger partial charge on any atom is -0.481 e. The van der Waals surface area contributed by atoms with Crippen LogP contribution in [0.3, 0.4) is 0 Å². The van der Waals surface area contributed by atoms with Gasteiger partial charge in [-0.05, 0) is 14.0 Å². The summed E-state index contributed by atoms with van der Waals surface area (Å²) in [6.45, 7) is 1.56. The highest BCUT2D eigenvalue weighted by Crippen LogP contribution is 1.96. The molecule has 0 unspecified atom stereocenters. The maximum Gasteiger partial charge on any atom is 0.305 e. The van der Waals surface area contributed by atoms with Crippen molar-refractivity contribution in [2.75, 3.05) is 7.05 Å².